The average molecular weight is 441 g/mol. The number of rotatable bonds is 9. The fraction of sp³-hybridized carbons (Fsp3) is 0.261. The molecule has 7 nitrogen and oxygen atoms in total. The van der Waals surface area contributed by atoms with Gasteiger partial charge in [-0.2, -0.15) is 5.10 Å². The molecule has 2 aromatic carbocycles. The van der Waals surface area contributed by atoms with Gasteiger partial charge >= 0.3 is 0 Å². The molecule has 3 aromatic rings. The number of carbonyl (C=O) groups excluding carboxylic acids is 2. The molecule has 0 saturated carbocycles. The van der Waals surface area contributed by atoms with E-state index < -0.39 is 0 Å². The molecule has 0 aliphatic carbocycles. The number of aryl methyl sites for hydroxylation is 2. The zero-order chi connectivity index (χ0) is 22.1. The van der Waals surface area contributed by atoms with E-state index in [1.807, 2.05) is 55.6 Å². The molecule has 0 radical (unpaired) electrons. The fourth-order valence-corrected chi connectivity index (χ4v) is 3.15. The van der Waals surface area contributed by atoms with Gasteiger partial charge in [-0.3, -0.25) is 20.4 Å². The summed E-state index contributed by atoms with van der Waals surface area (Å²) >= 11 is 5.92. The monoisotopic (exact) mass is 440 g/mol. The first-order valence-electron chi connectivity index (χ1n) is 10.1. The number of amides is 2. The highest BCUT2D eigenvalue weighted by Gasteiger charge is 2.08. The first-order chi connectivity index (χ1) is 15.0. The van der Waals surface area contributed by atoms with E-state index in [0.717, 1.165) is 22.6 Å². The van der Waals surface area contributed by atoms with Crippen LogP contribution in [-0.4, -0.2) is 28.2 Å². The third kappa shape index (κ3) is 7.15. The minimum atomic E-state index is -0.262. The van der Waals surface area contributed by atoms with Gasteiger partial charge in [-0.05, 0) is 61.2 Å². The van der Waals surface area contributed by atoms with E-state index in [2.05, 4.69) is 16.0 Å². The Bertz CT molecular complexity index is 1020. The van der Waals surface area contributed by atoms with Gasteiger partial charge in [0.15, 0.2) is 0 Å². The van der Waals surface area contributed by atoms with Gasteiger partial charge in [-0.15, -0.1) is 0 Å². The summed E-state index contributed by atoms with van der Waals surface area (Å²) < 4.78 is 7.42. The molecule has 1 aromatic heterocycles. The maximum atomic E-state index is 12.0. The predicted molar refractivity (Wildman–Crippen MR) is 119 cm³/mol. The lowest BCUT2D eigenvalue weighted by atomic mass is 10.2. The molecule has 8 heteroatoms. The highest BCUT2D eigenvalue weighted by atomic mass is 35.5. The topological polar surface area (TPSA) is 85.2 Å². The van der Waals surface area contributed by atoms with E-state index in [1.54, 1.807) is 16.9 Å². The van der Waals surface area contributed by atoms with Crippen LogP contribution in [0.25, 0.3) is 5.69 Å². The van der Waals surface area contributed by atoms with Gasteiger partial charge in [0, 0.05) is 24.1 Å². The largest absolute Gasteiger partial charge is 0.493 e. The lowest BCUT2D eigenvalue weighted by molar-refractivity contribution is -0.129. The normalized spacial score (nSPS) is 10.5. The van der Waals surface area contributed by atoms with Gasteiger partial charge in [-0.25, -0.2) is 4.68 Å². The van der Waals surface area contributed by atoms with Crippen LogP contribution in [0.15, 0.2) is 60.9 Å². The summed E-state index contributed by atoms with van der Waals surface area (Å²) in [6, 6.07) is 15.1. The number of ether oxygens (including phenoxy) is 1. The van der Waals surface area contributed by atoms with E-state index in [1.165, 1.54) is 0 Å². The Kier molecular flexibility index (Phi) is 8.06. The molecular weight excluding hydrogens is 416 g/mol. The third-order valence-electron chi connectivity index (χ3n) is 4.58. The lowest BCUT2D eigenvalue weighted by Crippen LogP contribution is -2.41. The molecule has 0 bridgehead atoms. The first-order valence-corrected chi connectivity index (χ1v) is 10.4. The van der Waals surface area contributed by atoms with Crippen molar-refractivity contribution in [3.63, 3.8) is 0 Å². The Morgan fingerprint density at radius 3 is 2.55 bits per heavy atom. The maximum Gasteiger partial charge on any atom is 0.238 e. The van der Waals surface area contributed by atoms with Crippen LogP contribution in [0.4, 0.5) is 0 Å². The van der Waals surface area contributed by atoms with Crippen LogP contribution < -0.4 is 15.6 Å². The number of carbonyl (C=O) groups is 2. The second-order valence-electron chi connectivity index (χ2n) is 7.09. The summed E-state index contributed by atoms with van der Waals surface area (Å²) in [6.45, 7) is 2.31. The van der Waals surface area contributed by atoms with Crippen molar-refractivity contribution in [3.8, 4) is 11.4 Å². The summed E-state index contributed by atoms with van der Waals surface area (Å²) in [5.41, 5.74) is 7.73. The molecule has 31 heavy (non-hydrogen) atoms. The first kappa shape index (κ1) is 22.4. The minimum absolute atomic E-state index is 0.247. The summed E-state index contributed by atoms with van der Waals surface area (Å²) in [7, 11) is 0. The average Bonchev–Trinajstić information content (AvgIpc) is 3.25. The van der Waals surface area contributed by atoms with Crippen LogP contribution in [0, 0.1) is 6.92 Å². The van der Waals surface area contributed by atoms with Crippen LogP contribution in [0.3, 0.4) is 0 Å². The number of nitrogens with one attached hydrogen (secondary N) is 2. The number of para-hydroxylation sites is 1. The van der Waals surface area contributed by atoms with Gasteiger partial charge in [0.25, 0.3) is 0 Å². The zero-order valence-corrected chi connectivity index (χ0v) is 18.1. The maximum absolute atomic E-state index is 12.0. The third-order valence-corrected chi connectivity index (χ3v) is 4.82. The molecule has 0 spiro atoms. The van der Waals surface area contributed by atoms with Crippen LogP contribution in [0.1, 0.15) is 30.4 Å². The molecule has 0 unspecified atom stereocenters. The predicted octanol–water partition coefficient (Wildman–Crippen LogP) is 3.77. The van der Waals surface area contributed by atoms with E-state index in [4.69, 9.17) is 16.3 Å². The number of hydrogen-bond donors (Lipinski definition) is 2. The van der Waals surface area contributed by atoms with Crippen molar-refractivity contribution in [2.75, 3.05) is 6.61 Å². The molecule has 0 fully saturated rings. The molecule has 1 heterocycles. The number of aromatic nitrogens is 2. The van der Waals surface area contributed by atoms with Gasteiger partial charge in [-0.1, -0.05) is 29.8 Å². The van der Waals surface area contributed by atoms with Gasteiger partial charge in [0.2, 0.25) is 11.8 Å². The zero-order valence-electron chi connectivity index (χ0n) is 17.3. The van der Waals surface area contributed by atoms with Crippen LogP contribution in [-0.2, 0) is 16.0 Å². The van der Waals surface area contributed by atoms with Crippen molar-refractivity contribution in [1.29, 1.82) is 0 Å². The Morgan fingerprint density at radius 1 is 1.06 bits per heavy atom. The number of benzene rings is 2. The second-order valence-corrected chi connectivity index (χ2v) is 7.52. The molecule has 2 amide bonds. The summed E-state index contributed by atoms with van der Waals surface area (Å²) in [6.07, 6.45) is 5.19. The molecule has 3 rings (SSSR count). The number of halogens is 1. The summed E-state index contributed by atoms with van der Waals surface area (Å²) in [4.78, 5) is 23.9. The number of hydrogen-bond acceptors (Lipinski definition) is 4. The summed E-state index contributed by atoms with van der Waals surface area (Å²) in [5.74, 6) is 0.226. The molecule has 0 saturated heterocycles. The highest BCUT2D eigenvalue weighted by molar-refractivity contribution is 6.30. The van der Waals surface area contributed by atoms with Crippen molar-refractivity contribution in [1.82, 2.24) is 20.6 Å². The van der Waals surface area contributed by atoms with Crippen LogP contribution in [0.5, 0.6) is 5.75 Å². The Hall–Kier alpha value is -3.32. The lowest BCUT2D eigenvalue weighted by Gasteiger charge is -2.10. The van der Waals surface area contributed by atoms with Crippen LogP contribution >= 0.6 is 11.6 Å². The standard InChI is InChI=1S/C23H25ClN4O3/c1-17-14-19(24)10-11-21(17)31-13-5-8-22(29)26-27-23(30)12-9-18-15-25-28(16-18)20-6-3-2-4-7-20/h2-4,6-7,10-11,14-16H,5,8-9,12-13H2,1H3,(H,26,29)(H,27,30). The van der Waals surface area contributed by atoms with Crippen LogP contribution in [0.2, 0.25) is 5.02 Å². The van der Waals surface area contributed by atoms with E-state index >= 15 is 0 Å². The molecule has 162 valence electrons. The van der Waals surface area contributed by atoms with Crippen molar-refractivity contribution in [3.05, 3.63) is 77.1 Å². The quantitative estimate of drug-likeness (QED) is 0.391. The molecule has 0 aliphatic rings. The van der Waals surface area contributed by atoms with Gasteiger partial charge < -0.3 is 4.74 Å². The Morgan fingerprint density at radius 2 is 1.81 bits per heavy atom. The van der Waals surface area contributed by atoms with Crippen molar-refractivity contribution >= 4 is 23.4 Å². The second kappa shape index (κ2) is 11.2. The van der Waals surface area contributed by atoms with E-state index in [0.29, 0.717) is 24.5 Å². The Labute approximate surface area is 186 Å². The van der Waals surface area contributed by atoms with Gasteiger partial charge in [0.05, 0.1) is 18.5 Å². The Balaban J connectivity index is 1.30. The molecular formula is C23H25ClN4O3. The minimum Gasteiger partial charge on any atom is -0.493 e. The molecule has 0 aliphatic heterocycles. The number of nitrogens with zero attached hydrogens (tertiary/aromatic N) is 2. The van der Waals surface area contributed by atoms with Crippen molar-refractivity contribution in [2.45, 2.75) is 32.6 Å². The summed E-state index contributed by atoms with van der Waals surface area (Å²) in [5, 5.41) is 4.97. The van der Waals surface area contributed by atoms with E-state index in [-0.39, 0.29) is 24.7 Å². The smallest absolute Gasteiger partial charge is 0.238 e. The number of hydrazine groups is 1. The van der Waals surface area contributed by atoms with Gasteiger partial charge in [0.1, 0.15) is 5.75 Å². The SMILES string of the molecule is Cc1cc(Cl)ccc1OCCCC(=O)NNC(=O)CCc1cnn(-c2ccccc2)c1. The van der Waals surface area contributed by atoms with Crippen molar-refractivity contribution < 1.29 is 14.3 Å². The van der Waals surface area contributed by atoms with E-state index in [9.17, 15) is 9.59 Å². The molecule has 2 N–H and O–H groups in total. The molecule has 0 atom stereocenters. The fourth-order valence-electron chi connectivity index (χ4n) is 2.92. The van der Waals surface area contributed by atoms with Crippen molar-refractivity contribution in [2.24, 2.45) is 0 Å². The highest BCUT2D eigenvalue weighted by Crippen LogP contribution is 2.21.